The number of benzene rings is 1. The van der Waals surface area contributed by atoms with E-state index in [4.69, 9.17) is 4.74 Å². The van der Waals surface area contributed by atoms with E-state index in [0.717, 1.165) is 19.5 Å². The molecule has 1 heterocycles. The number of ether oxygens (including phenoxy) is 1. The summed E-state index contributed by atoms with van der Waals surface area (Å²) < 4.78 is 9.32. The highest BCUT2D eigenvalue weighted by molar-refractivity contribution is 9.10. The van der Waals surface area contributed by atoms with Gasteiger partial charge in [-0.2, -0.15) is 4.99 Å². The first-order valence-electron chi connectivity index (χ1n) is 6.70. The average Bonchev–Trinajstić information content (AvgIpc) is 2.71. The summed E-state index contributed by atoms with van der Waals surface area (Å²) in [5.41, 5.74) is 0.594. The average molecular weight is 371 g/mol. The maximum absolute atomic E-state index is 12.2. The molecule has 0 unspecified atom stereocenters. The molecule has 0 aliphatic rings. The van der Waals surface area contributed by atoms with Crippen LogP contribution in [0.4, 0.5) is 0 Å². The van der Waals surface area contributed by atoms with Crippen LogP contribution < -0.4 is 4.80 Å². The van der Waals surface area contributed by atoms with Crippen molar-refractivity contribution in [2.75, 3.05) is 13.7 Å². The van der Waals surface area contributed by atoms with E-state index in [-0.39, 0.29) is 5.91 Å². The highest BCUT2D eigenvalue weighted by Crippen LogP contribution is 2.22. The Balaban J connectivity index is 2.61. The molecule has 0 N–H and O–H groups in total. The summed E-state index contributed by atoms with van der Waals surface area (Å²) in [5.74, 6) is -0.112. The van der Waals surface area contributed by atoms with E-state index in [1.807, 2.05) is 43.5 Å². The second kappa shape index (κ2) is 6.42. The lowest BCUT2D eigenvalue weighted by Gasteiger charge is -2.12. The van der Waals surface area contributed by atoms with Crippen LogP contribution in [-0.2, 0) is 16.1 Å². The quantitative estimate of drug-likeness (QED) is 0.828. The van der Waals surface area contributed by atoms with Crippen molar-refractivity contribution in [1.29, 1.82) is 0 Å². The van der Waals surface area contributed by atoms with E-state index in [0.29, 0.717) is 13.2 Å². The van der Waals surface area contributed by atoms with Crippen LogP contribution >= 0.6 is 27.3 Å². The van der Waals surface area contributed by atoms with Gasteiger partial charge in [-0.3, -0.25) is 4.79 Å². The van der Waals surface area contributed by atoms with Crippen LogP contribution in [0.5, 0.6) is 0 Å². The number of hydrogen-bond donors (Lipinski definition) is 0. The number of thiazole rings is 1. The Kier molecular flexibility index (Phi) is 5.01. The van der Waals surface area contributed by atoms with E-state index in [1.165, 1.54) is 11.3 Å². The van der Waals surface area contributed by atoms with Gasteiger partial charge in [-0.15, -0.1) is 0 Å². The molecule has 4 nitrogen and oxygen atoms in total. The molecule has 0 fully saturated rings. The molecule has 0 atom stereocenters. The van der Waals surface area contributed by atoms with E-state index in [1.54, 1.807) is 7.11 Å². The molecular formula is C15H19BrN2O2S. The van der Waals surface area contributed by atoms with Crippen LogP contribution in [0.15, 0.2) is 27.7 Å². The molecule has 2 aromatic rings. The zero-order chi connectivity index (χ0) is 15.6. The molecule has 0 aliphatic carbocycles. The zero-order valence-electron chi connectivity index (χ0n) is 12.6. The van der Waals surface area contributed by atoms with Gasteiger partial charge in [0.25, 0.3) is 5.91 Å². The number of carbonyl (C=O) groups excluding carboxylic acids is 1. The van der Waals surface area contributed by atoms with Gasteiger partial charge in [0.05, 0.1) is 16.8 Å². The molecule has 1 aromatic heterocycles. The van der Waals surface area contributed by atoms with Crippen molar-refractivity contribution < 1.29 is 9.53 Å². The van der Waals surface area contributed by atoms with Gasteiger partial charge in [-0.05, 0) is 18.2 Å². The van der Waals surface area contributed by atoms with Gasteiger partial charge in [0.2, 0.25) is 0 Å². The molecule has 0 aliphatic heterocycles. The number of hydrogen-bond acceptors (Lipinski definition) is 3. The third-order valence-corrected chi connectivity index (χ3v) is 4.54. The molecular weight excluding hydrogens is 352 g/mol. The number of methoxy groups -OCH3 is 1. The number of halogens is 1. The summed E-state index contributed by atoms with van der Waals surface area (Å²) >= 11 is 5.00. The van der Waals surface area contributed by atoms with Gasteiger partial charge in [0.1, 0.15) is 0 Å². The van der Waals surface area contributed by atoms with Crippen molar-refractivity contribution in [2.45, 2.75) is 27.3 Å². The lowest BCUT2D eigenvalue weighted by Crippen LogP contribution is -2.24. The summed E-state index contributed by atoms with van der Waals surface area (Å²) in [6.45, 7) is 6.89. The van der Waals surface area contributed by atoms with Gasteiger partial charge < -0.3 is 9.30 Å². The summed E-state index contributed by atoms with van der Waals surface area (Å²) in [6.07, 6.45) is 0. The summed E-state index contributed by atoms with van der Waals surface area (Å²) in [4.78, 5) is 17.2. The summed E-state index contributed by atoms with van der Waals surface area (Å²) in [6, 6.07) is 6.07. The fraction of sp³-hybridized carbons (Fsp3) is 0.467. The highest BCUT2D eigenvalue weighted by Gasteiger charge is 2.21. The van der Waals surface area contributed by atoms with Gasteiger partial charge in [0.15, 0.2) is 4.80 Å². The monoisotopic (exact) mass is 370 g/mol. The zero-order valence-corrected chi connectivity index (χ0v) is 15.0. The lowest BCUT2D eigenvalue weighted by atomic mass is 9.96. The lowest BCUT2D eigenvalue weighted by molar-refractivity contribution is -0.125. The largest absolute Gasteiger partial charge is 0.383 e. The fourth-order valence-corrected chi connectivity index (χ4v) is 3.39. The second-order valence-corrected chi connectivity index (χ2v) is 7.73. The Morgan fingerprint density at radius 2 is 2.14 bits per heavy atom. The number of aromatic nitrogens is 1. The first-order chi connectivity index (χ1) is 9.82. The smallest absolute Gasteiger partial charge is 0.253 e. The second-order valence-electron chi connectivity index (χ2n) is 5.81. The highest BCUT2D eigenvalue weighted by atomic mass is 79.9. The molecule has 0 saturated heterocycles. The van der Waals surface area contributed by atoms with Crippen molar-refractivity contribution in [1.82, 2.24) is 4.57 Å². The molecule has 6 heteroatoms. The molecule has 21 heavy (non-hydrogen) atoms. The van der Waals surface area contributed by atoms with Crippen molar-refractivity contribution in [2.24, 2.45) is 10.4 Å². The Morgan fingerprint density at radius 1 is 1.43 bits per heavy atom. The first kappa shape index (κ1) is 16.4. The Hall–Kier alpha value is -0.980. The number of nitrogens with zero attached hydrogens (tertiary/aromatic N) is 2. The molecule has 1 amide bonds. The molecule has 2 rings (SSSR count). The van der Waals surface area contributed by atoms with Gasteiger partial charge in [-0.1, -0.05) is 48.0 Å². The van der Waals surface area contributed by atoms with Crippen molar-refractivity contribution in [3.63, 3.8) is 0 Å². The number of carbonyl (C=O) groups is 1. The van der Waals surface area contributed by atoms with Crippen LogP contribution in [0.2, 0.25) is 0 Å². The van der Waals surface area contributed by atoms with Crippen LogP contribution in [0.3, 0.4) is 0 Å². The Bertz CT molecular complexity index is 725. The number of rotatable bonds is 3. The van der Waals surface area contributed by atoms with Gasteiger partial charge >= 0.3 is 0 Å². The van der Waals surface area contributed by atoms with Crippen LogP contribution in [0.1, 0.15) is 20.8 Å². The predicted octanol–water partition coefficient (Wildman–Crippen LogP) is 3.59. The first-order valence-corrected chi connectivity index (χ1v) is 8.31. The molecule has 114 valence electrons. The maximum atomic E-state index is 12.2. The normalized spacial score (nSPS) is 13.1. The molecule has 0 radical (unpaired) electrons. The van der Waals surface area contributed by atoms with E-state index in [9.17, 15) is 4.79 Å². The minimum atomic E-state index is -0.476. The fourth-order valence-electron chi connectivity index (χ4n) is 1.79. The van der Waals surface area contributed by atoms with Crippen LogP contribution in [0, 0.1) is 5.41 Å². The molecule has 0 bridgehead atoms. The Labute approximate surface area is 136 Å². The maximum Gasteiger partial charge on any atom is 0.253 e. The predicted molar refractivity (Wildman–Crippen MR) is 89.4 cm³/mol. The number of amides is 1. The SMILES string of the molecule is COCCn1c(=NC(=O)C(C)(C)C)sc2cc(Br)ccc21. The summed E-state index contributed by atoms with van der Waals surface area (Å²) in [5, 5.41) is 0. The third-order valence-electron chi connectivity index (χ3n) is 3.00. The van der Waals surface area contributed by atoms with Gasteiger partial charge in [-0.25, -0.2) is 0 Å². The number of fused-ring (bicyclic) bond motifs is 1. The third kappa shape index (κ3) is 3.81. The molecule has 0 saturated carbocycles. The van der Waals surface area contributed by atoms with E-state index >= 15 is 0 Å². The van der Waals surface area contributed by atoms with Crippen molar-refractivity contribution in [3.8, 4) is 0 Å². The Morgan fingerprint density at radius 3 is 2.76 bits per heavy atom. The van der Waals surface area contributed by atoms with Crippen LogP contribution in [-0.4, -0.2) is 24.2 Å². The van der Waals surface area contributed by atoms with Crippen LogP contribution in [0.25, 0.3) is 10.2 Å². The summed E-state index contributed by atoms with van der Waals surface area (Å²) in [7, 11) is 1.67. The van der Waals surface area contributed by atoms with Gasteiger partial charge in [0, 0.05) is 23.5 Å². The standard InChI is InChI=1S/C15H19BrN2O2S/c1-15(2,3)13(19)17-14-18(7-8-20-4)11-6-5-10(16)9-12(11)21-14/h5-6,9H,7-8H2,1-4H3. The minimum absolute atomic E-state index is 0.112. The van der Waals surface area contributed by atoms with Crippen molar-refractivity contribution >= 4 is 43.4 Å². The minimum Gasteiger partial charge on any atom is -0.383 e. The van der Waals surface area contributed by atoms with E-state index < -0.39 is 5.41 Å². The van der Waals surface area contributed by atoms with Crippen molar-refractivity contribution in [3.05, 3.63) is 27.5 Å². The molecule has 1 aromatic carbocycles. The topological polar surface area (TPSA) is 43.6 Å². The van der Waals surface area contributed by atoms with E-state index in [2.05, 4.69) is 20.9 Å². The molecule has 0 spiro atoms.